The van der Waals surface area contributed by atoms with Gasteiger partial charge in [-0.1, -0.05) is 53.8 Å². The summed E-state index contributed by atoms with van der Waals surface area (Å²) in [6, 6.07) is 17.3. The molecule has 0 saturated carbocycles. The summed E-state index contributed by atoms with van der Waals surface area (Å²) in [6.45, 7) is 0. The van der Waals surface area contributed by atoms with Gasteiger partial charge in [0.2, 0.25) is 10.9 Å². The minimum Gasteiger partial charge on any atom is -0.322 e. The molecule has 2 aromatic carbocycles. The van der Waals surface area contributed by atoms with E-state index in [1.807, 2.05) is 54.6 Å². The molecule has 0 aliphatic heterocycles. The number of nitrogens with zero attached hydrogens (tertiary/aromatic N) is 4. The molecule has 4 rings (SSSR count). The van der Waals surface area contributed by atoms with Crippen LogP contribution in [-0.4, -0.2) is 25.7 Å². The Balaban J connectivity index is 1.50. The number of hydrogen-bond acceptors (Lipinski definition) is 5. The Labute approximate surface area is 147 Å². The topological polar surface area (TPSA) is 72.2 Å². The van der Waals surface area contributed by atoms with Crippen molar-refractivity contribution in [3.63, 3.8) is 0 Å². The largest absolute Gasteiger partial charge is 0.322 e. The molecule has 0 atom stereocenters. The lowest BCUT2D eigenvalue weighted by Crippen LogP contribution is -2.07. The van der Waals surface area contributed by atoms with Gasteiger partial charge >= 0.3 is 0 Å². The van der Waals surface area contributed by atoms with E-state index in [0.717, 1.165) is 21.1 Å². The number of anilines is 1. The van der Waals surface area contributed by atoms with Crippen LogP contribution in [0.15, 0.2) is 67.0 Å². The van der Waals surface area contributed by atoms with Crippen molar-refractivity contribution < 1.29 is 4.79 Å². The van der Waals surface area contributed by atoms with Gasteiger partial charge < -0.3 is 5.32 Å². The summed E-state index contributed by atoms with van der Waals surface area (Å²) < 4.78 is 1.63. The number of aromatic nitrogens is 4. The van der Waals surface area contributed by atoms with Crippen molar-refractivity contribution in [3.8, 4) is 10.6 Å². The lowest BCUT2D eigenvalue weighted by atomic mass is 10.2. The second-order valence-electron chi connectivity index (χ2n) is 5.28. The lowest BCUT2D eigenvalue weighted by Gasteiger charge is -2.03. The highest BCUT2D eigenvalue weighted by Gasteiger charge is 2.08. The number of amides is 1. The zero-order chi connectivity index (χ0) is 17.1. The first-order valence-corrected chi connectivity index (χ1v) is 8.41. The molecule has 25 heavy (non-hydrogen) atoms. The number of carbonyl (C=O) groups is 1. The Morgan fingerprint density at radius 2 is 2.00 bits per heavy atom. The number of hydrogen-bond donors (Lipinski definition) is 1. The van der Waals surface area contributed by atoms with Crippen LogP contribution in [0.3, 0.4) is 0 Å². The van der Waals surface area contributed by atoms with E-state index in [9.17, 15) is 4.79 Å². The van der Waals surface area contributed by atoms with Gasteiger partial charge in [-0.3, -0.25) is 4.79 Å². The Kier molecular flexibility index (Phi) is 4.05. The van der Waals surface area contributed by atoms with Crippen molar-refractivity contribution in [2.45, 2.75) is 0 Å². The molecule has 0 aliphatic rings. The van der Waals surface area contributed by atoms with Gasteiger partial charge in [0.15, 0.2) is 0 Å². The second-order valence-corrected chi connectivity index (χ2v) is 6.24. The molecule has 0 spiro atoms. The fraction of sp³-hybridized carbons (Fsp3) is 0. The van der Waals surface area contributed by atoms with E-state index in [-0.39, 0.29) is 5.91 Å². The van der Waals surface area contributed by atoms with Crippen LogP contribution < -0.4 is 5.32 Å². The number of rotatable bonds is 4. The molecule has 6 nitrogen and oxygen atoms in total. The van der Waals surface area contributed by atoms with Crippen molar-refractivity contribution >= 4 is 34.0 Å². The molecule has 122 valence electrons. The van der Waals surface area contributed by atoms with E-state index in [4.69, 9.17) is 0 Å². The molecule has 2 heterocycles. The van der Waals surface area contributed by atoms with E-state index in [1.165, 1.54) is 17.4 Å². The van der Waals surface area contributed by atoms with Crippen molar-refractivity contribution in [1.82, 2.24) is 19.8 Å². The normalized spacial score (nSPS) is 11.2. The zero-order valence-corrected chi connectivity index (χ0v) is 13.9. The van der Waals surface area contributed by atoms with Crippen molar-refractivity contribution in [2.75, 3.05) is 5.32 Å². The van der Waals surface area contributed by atoms with Crippen molar-refractivity contribution in [3.05, 3.63) is 72.6 Å². The maximum absolute atomic E-state index is 12.1. The van der Waals surface area contributed by atoms with Crippen LogP contribution >= 0.6 is 11.3 Å². The Bertz CT molecular complexity index is 1020. The average Bonchev–Trinajstić information content (AvgIpc) is 3.23. The first kappa shape index (κ1) is 15.2. The smallest absolute Gasteiger partial charge is 0.248 e. The van der Waals surface area contributed by atoms with E-state index in [1.54, 1.807) is 16.9 Å². The average molecular weight is 347 g/mol. The van der Waals surface area contributed by atoms with Gasteiger partial charge in [0.25, 0.3) is 0 Å². The van der Waals surface area contributed by atoms with Crippen molar-refractivity contribution in [1.29, 1.82) is 0 Å². The van der Waals surface area contributed by atoms with Crippen LogP contribution in [0.5, 0.6) is 0 Å². The highest BCUT2D eigenvalue weighted by atomic mass is 32.1. The first-order valence-electron chi connectivity index (χ1n) is 7.59. The Morgan fingerprint density at radius 1 is 1.12 bits per heavy atom. The molecule has 2 aromatic heterocycles. The summed E-state index contributed by atoms with van der Waals surface area (Å²) in [7, 11) is 0. The Hall–Kier alpha value is -3.32. The van der Waals surface area contributed by atoms with E-state index >= 15 is 0 Å². The third-order valence-electron chi connectivity index (χ3n) is 3.49. The molecule has 0 radical (unpaired) electrons. The van der Waals surface area contributed by atoms with Crippen LogP contribution in [0, 0.1) is 0 Å². The quantitative estimate of drug-likeness (QED) is 0.574. The van der Waals surface area contributed by atoms with E-state index in [2.05, 4.69) is 20.6 Å². The number of fused-ring (bicyclic) bond motifs is 1. The minimum atomic E-state index is -0.181. The number of nitrogens with one attached hydrogen (secondary N) is 1. The third-order valence-corrected chi connectivity index (χ3v) is 4.45. The molecule has 0 saturated heterocycles. The second kappa shape index (κ2) is 6.66. The highest BCUT2D eigenvalue weighted by Crippen LogP contribution is 2.26. The predicted octanol–water partition coefficient (Wildman–Crippen LogP) is 3.50. The summed E-state index contributed by atoms with van der Waals surface area (Å²) >= 11 is 1.44. The molecule has 0 unspecified atom stereocenters. The molecule has 7 heteroatoms. The zero-order valence-electron chi connectivity index (χ0n) is 13.0. The number of carbonyl (C=O) groups excluding carboxylic acids is 1. The third kappa shape index (κ3) is 3.46. The van der Waals surface area contributed by atoms with Gasteiger partial charge in [-0.25, -0.2) is 0 Å². The fourth-order valence-corrected chi connectivity index (χ4v) is 3.14. The van der Waals surface area contributed by atoms with Crippen molar-refractivity contribution in [2.24, 2.45) is 0 Å². The van der Waals surface area contributed by atoms with E-state index in [0.29, 0.717) is 5.69 Å². The molecule has 1 N–H and O–H groups in total. The van der Waals surface area contributed by atoms with Gasteiger partial charge in [-0.05, 0) is 23.8 Å². The van der Waals surface area contributed by atoms with Gasteiger partial charge in [0.05, 0.1) is 0 Å². The Morgan fingerprint density at radius 3 is 2.84 bits per heavy atom. The van der Waals surface area contributed by atoms with E-state index < -0.39 is 0 Å². The SMILES string of the molecule is O=C(C=Cc1ccccc1)Nc1cccc(-c2nn3cnnc3s2)c1. The lowest BCUT2D eigenvalue weighted by molar-refractivity contribution is -0.111. The fourth-order valence-electron chi connectivity index (χ4n) is 2.33. The van der Waals surface area contributed by atoms with Crippen LogP contribution in [0.2, 0.25) is 0 Å². The summed E-state index contributed by atoms with van der Waals surface area (Å²) in [5.74, 6) is -0.181. The van der Waals surface area contributed by atoms with Gasteiger partial charge in [0.1, 0.15) is 11.3 Å². The highest BCUT2D eigenvalue weighted by molar-refractivity contribution is 7.19. The summed E-state index contributed by atoms with van der Waals surface area (Å²) in [4.78, 5) is 12.8. The van der Waals surface area contributed by atoms with Crippen LogP contribution in [0.1, 0.15) is 5.56 Å². The first-order chi connectivity index (χ1) is 12.3. The monoisotopic (exact) mass is 347 g/mol. The van der Waals surface area contributed by atoms with Gasteiger partial charge in [-0.15, -0.1) is 10.2 Å². The van der Waals surface area contributed by atoms with Crippen LogP contribution in [0.25, 0.3) is 21.6 Å². The molecule has 0 fully saturated rings. The maximum atomic E-state index is 12.1. The standard InChI is InChI=1S/C18H13N5OS/c24-16(10-9-13-5-2-1-3-6-13)20-15-8-4-7-14(11-15)17-22-23-12-19-21-18(23)25-17/h1-12H,(H,20,24). The molecular weight excluding hydrogens is 334 g/mol. The predicted molar refractivity (Wildman–Crippen MR) is 98.2 cm³/mol. The summed E-state index contributed by atoms with van der Waals surface area (Å²) in [5.41, 5.74) is 2.61. The number of benzene rings is 2. The molecule has 1 amide bonds. The molecule has 0 aliphatic carbocycles. The summed E-state index contributed by atoms with van der Waals surface area (Å²) in [5, 5.41) is 15.9. The molecular formula is C18H13N5OS. The maximum Gasteiger partial charge on any atom is 0.248 e. The molecule has 4 aromatic rings. The van der Waals surface area contributed by atoms with Crippen LogP contribution in [-0.2, 0) is 4.79 Å². The molecule has 0 bridgehead atoms. The van der Waals surface area contributed by atoms with Gasteiger partial charge in [-0.2, -0.15) is 9.61 Å². The van der Waals surface area contributed by atoms with Crippen LogP contribution in [0.4, 0.5) is 5.69 Å². The van der Waals surface area contributed by atoms with Gasteiger partial charge in [0, 0.05) is 17.3 Å². The summed E-state index contributed by atoms with van der Waals surface area (Å²) in [6.07, 6.45) is 4.86. The minimum absolute atomic E-state index is 0.181.